The Morgan fingerprint density at radius 1 is 1.57 bits per heavy atom. The van der Waals surface area contributed by atoms with E-state index in [-0.39, 0.29) is 0 Å². The second kappa shape index (κ2) is 4.23. The van der Waals surface area contributed by atoms with Gasteiger partial charge in [-0.1, -0.05) is 0 Å². The maximum absolute atomic E-state index is 5.66. The highest BCUT2D eigenvalue weighted by Crippen LogP contribution is 2.24. The van der Waals surface area contributed by atoms with Crippen molar-refractivity contribution in [3.63, 3.8) is 0 Å². The van der Waals surface area contributed by atoms with Gasteiger partial charge >= 0.3 is 0 Å². The standard InChI is InChI=1S/C9H14BrN3O/c1-4-14-9(2,3)8-12-5-6(10)7(11)13-8/h5H,4H2,1-3H3,(H2,11,12,13). The van der Waals surface area contributed by atoms with Crippen LogP contribution in [0, 0.1) is 0 Å². The SMILES string of the molecule is CCOC(C)(C)c1ncc(Br)c(N)n1. The van der Waals surface area contributed by atoms with Gasteiger partial charge in [0.05, 0.1) is 4.47 Å². The second-order valence-corrected chi connectivity index (χ2v) is 4.22. The van der Waals surface area contributed by atoms with Crippen LogP contribution in [0.4, 0.5) is 5.82 Å². The Kier molecular flexibility index (Phi) is 3.44. The van der Waals surface area contributed by atoms with Crippen LogP contribution in [0.5, 0.6) is 0 Å². The van der Waals surface area contributed by atoms with E-state index in [0.717, 1.165) is 0 Å². The van der Waals surface area contributed by atoms with Crippen LogP contribution in [0.25, 0.3) is 0 Å². The highest BCUT2D eigenvalue weighted by Gasteiger charge is 2.24. The van der Waals surface area contributed by atoms with Crippen LogP contribution in [0.3, 0.4) is 0 Å². The molecule has 78 valence electrons. The van der Waals surface area contributed by atoms with Gasteiger partial charge in [-0.3, -0.25) is 0 Å². The number of ether oxygens (including phenoxy) is 1. The molecule has 1 aromatic heterocycles. The summed E-state index contributed by atoms with van der Waals surface area (Å²) in [5, 5.41) is 0. The molecule has 0 aliphatic rings. The summed E-state index contributed by atoms with van der Waals surface area (Å²) in [6.45, 7) is 6.38. The number of nitrogen functional groups attached to an aromatic ring is 1. The maximum atomic E-state index is 5.66. The minimum Gasteiger partial charge on any atom is -0.383 e. The Labute approximate surface area is 92.0 Å². The molecule has 14 heavy (non-hydrogen) atoms. The second-order valence-electron chi connectivity index (χ2n) is 3.37. The molecule has 0 aromatic carbocycles. The highest BCUT2D eigenvalue weighted by molar-refractivity contribution is 9.10. The number of hydrogen-bond acceptors (Lipinski definition) is 4. The molecule has 2 N–H and O–H groups in total. The first-order valence-electron chi connectivity index (χ1n) is 4.40. The lowest BCUT2D eigenvalue weighted by Crippen LogP contribution is -2.25. The third kappa shape index (κ3) is 2.42. The zero-order chi connectivity index (χ0) is 10.8. The summed E-state index contributed by atoms with van der Waals surface area (Å²) < 4.78 is 6.22. The largest absolute Gasteiger partial charge is 0.383 e. The smallest absolute Gasteiger partial charge is 0.162 e. The van der Waals surface area contributed by atoms with E-state index in [0.29, 0.717) is 22.7 Å². The fourth-order valence-corrected chi connectivity index (χ4v) is 1.29. The molecule has 4 nitrogen and oxygen atoms in total. The summed E-state index contributed by atoms with van der Waals surface area (Å²) in [5.41, 5.74) is 5.16. The Morgan fingerprint density at radius 3 is 2.71 bits per heavy atom. The molecule has 0 amide bonds. The highest BCUT2D eigenvalue weighted by atomic mass is 79.9. The molecular formula is C9H14BrN3O. The van der Waals surface area contributed by atoms with E-state index >= 15 is 0 Å². The molecule has 0 aliphatic heterocycles. The van der Waals surface area contributed by atoms with Crippen LogP contribution in [-0.2, 0) is 10.3 Å². The first-order valence-corrected chi connectivity index (χ1v) is 5.19. The Balaban J connectivity index is 3.01. The van der Waals surface area contributed by atoms with Gasteiger partial charge in [0.2, 0.25) is 0 Å². The van der Waals surface area contributed by atoms with Gasteiger partial charge in [-0.25, -0.2) is 9.97 Å². The summed E-state index contributed by atoms with van der Waals surface area (Å²) in [5.74, 6) is 1.03. The summed E-state index contributed by atoms with van der Waals surface area (Å²) >= 11 is 3.24. The monoisotopic (exact) mass is 259 g/mol. The van der Waals surface area contributed by atoms with Gasteiger partial charge in [0.1, 0.15) is 11.4 Å². The Morgan fingerprint density at radius 2 is 2.21 bits per heavy atom. The van der Waals surface area contributed by atoms with Crippen molar-refractivity contribution in [1.82, 2.24) is 9.97 Å². The van der Waals surface area contributed by atoms with E-state index in [1.807, 2.05) is 20.8 Å². The van der Waals surface area contributed by atoms with Gasteiger partial charge in [0, 0.05) is 12.8 Å². The van der Waals surface area contributed by atoms with Gasteiger partial charge in [-0.2, -0.15) is 0 Å². The third-order valence-corrected chi connectivity index (χ3v) is 2.43. The quantitative estimate of drug-likeness (QED) is 0.903. The molecule has 0 unspecified atom stereocenters. The van der Waals surface area contributed by atoms with Crippen LogP contribution < -0.4 is 5.73 Å². The number of nitrogens with two attached hydrogens (primary N) is 1. The fraction of sp³-hybridized carbons (Fsp3) is 0.556. The summed E-state index contributed by atoms with van der Waals surface area (Å²) in [6.07, 6.45) is 1.64. The number of anilines is 1. The lowest BCUT2D eigenvalue weighted by atomic mass is 10.1. The van der Waals surface area contributed by atoms with E-state index < -0.39 is 5.60 Å². The lowest BCUT2D eigenvalue weighted by molar-refractivity contribution is -0.0207. The predicted molar refractivity (Wildman–Crippen MR) is 58.8 cm³/mol. The molecule has 0 spiro atoms. The number of halogens is 1. The minimum absolute atomic E-state index is 0.433. The molecular weight excluding hydrogens is 246 g/mol. The van der Waals surface area contributed by atoms with E-state index in [1.54, 1.807) is 6.20 Å². The Hall–Kier alpha value is -0.680. The number of nitrogens with zero attached hydrogens (tertiary/aromatic N) is 2. The molecule has 0 radical (unpaired) electrons. The molecule has 0 saturated heterocycles. The first-order chi connectivity index (χ1) is 6.47. The normalized spacial score (nSPS) is 11.7. The fourth-order valence-electron chi connectivity index (χ4n) is 1.10. The molecule has 0 aliphatic carbocycles. The van der Waals surface area contributed by atoms with Crippen LogP contribution in [0.2, 0.25) is 0 Å². The van der Waals surface area contributed by atoms with Crippen molar-refractivity contribution in [2.45, 2.75) is 26.4 Å². The zero-order valence-electron chi connectivity index (χ0n) is 8.54. The van der Waals surface area contributed by atoms with Crippen LogP contribution >= 0.6 is 15.9 Å². The summed E-state index contributed by atoms with van der Waals surface area (Å²) in [6, 6.07) is 0. The summed E-state index contributed by atoms with van der Waals surface area (Å²) in [4.78, 5) is 8.32. The van der Waals surface area contributed by atoms with Gasteiger partial charge < -0.3 is 10.5 Å². The lowest BCUT2D eigenvalue weighted by Gasteiger charge is -2.22. The third-order valence-electron chi connectivity index (χ3n) is 1.81. The van der Waals surface area contributed by atoms with Crippen molar-refractivity contribution < 1.29 is 4.74 Å². The molecule has 0 bridgehead atoms. The van der Waals surface area contributed by atoms with Crippen LogP contribution in [0.15, 0.2) is 10.7 Å². The average molecular weight is 260 g/mol. The van der Waals surface area contributed by atoms with Crippen molar-refractivity contribution in [1.29, 1.82) is 0 Å². The van der Waals surface area contributed by atoms with Crippen LogP contribution in [0.1, 0.15) is 26.6 Å². The van der Waals surface area contributed by atoms with Crippen molar-refractivity contribution in [2.75, 3.05) is 12.3 Å². The maximum Gasteiger partial charge on any atom is 0.162 e. The van der Waals surface area contributed by atoms with E-state index in [2.05, 4.69) is 25.9 Å². The van der Waals surface area contributed by atoms with E-state index in [9.17, 15) is 0 Å². The van der Waals surface area contributed by atoms with Gasteiger partial charge in [-0.15, -0.1) is 0 Å². The van der Waals surface area contributed by atoms with E-state index in [1.165, 1.54) is 0 Å². The molecule has 1 rings (SSSR count). The number of aromatic nitrogens is 2. The molecule has 0 saturated carbocycles. The van der Waals surface area contributed by atoms with Gasteiger partial charge in [0.25, 0.3) is 0 Å². The van der Waals surface area contributed by atoms with Crippen molar-refractivity contribution >= 4 is 21.7 Å². The zero-order valence-corrected chi connectivity index (χ0v) is 10.1. The number of hydrogen-bond donors (Lipinski definition) is 1. The first kappa shape index (κ1) is 11.4. The molecule has 1 aromatic rings. The van der Waals surface area contributed by atoms with Crippen molar-refractivity contribution in [3.05, 3.63) is 16.5 Å². The van der Waals surface area contributed by atoms with Crippen molar-refractivity contribution in [3.8, 4) is 0 Å². The number of rotatable bonds is 3. The van der Waals surface area contributed by atoms with Crippen LogP contribution in [-0.4, -0.2) is 16.6 Å². The molecule has 1 heterocycles. The predicted octanol–water partition coefficient (Wildman–Crippen LogP) is 2.09. The van der Waals surface area contributed by atoms with E-state index in [4.69, 9.17) is 10.5 Å². The summed E-state index contributed by atoms with van der Waals surface area (Å²) in [7, 11) is 0. The molecule has 5 heteroatoms. The molecule has 0 fully saturated rings. The molecule has 0 atom stereocenters. The van der Waals surface area contributed by atoms with Gasteiger partial charge in [-0.05, 0) is 36.7 Å². The minimum atomic E-state index is -0.496. The van der Waals surface area contributed by atoms with Crippen molar-refractivity contribution in [2.24, 2.45) is 0 Å². The average Bonchev–Trinajstić information content (AvgIpc) is 2.09. The van der Waals surface area contributed by atoms with Gasteiger partial charge in [0.15, 0.2) is 5.82 Å². The Bertz CT molecular complexity index is 328. The topological polar surface area (TPSA) is 61.0 Å².